The summed E-state index contributed by atoms with van der Waals surface area (Å²) < 4.78 is 11.5. The molecule has 0 saturated carbocycles. The molecular weight excluding hydrogens is 338 g/mol. The van der Waals surface area contributed by atoms with Crippen molar-refractivity contribution >= 4 is 5.91 Å². The van der Waals surface area contributed by atoms with E-state index >= 15 is 0 Å². The minimum atomic E-state index is -0.557. The highest BCUT2D eigenvalue weighted by Gasteiger charge is 2.16. The lowest BCUT2D eigenvalue weighted by Gasteiger charge is -2.18. The van der Waals surface area contributed by atoms with Gasteiger partial charge in [0, 0.05) is 0 Å². The maximum absolute atomic E-state index is 12.3. The van der Waals surface area contributed by atoms with Crippen LogP contribution in [0.4, 0.5) is 0 Å². The Balaban J connectivity index is 1.76. The smallest absolute Gasteiger partial charge is 0.260 e. The van der Waals surface area contributed by atoms with E-state index in [4.69, 9.17) is 9.47 Å². The summed E-state index contributed by atoms with van der Waals surface area (Å²) in [4.78, 5) is 12.3. The Morgan fingerprint density at radius 2 is 1.81 bits per heavy atom. The summed E-state index contributed by atoms with van der Waals surface area (Å²) in [5.41, 5.74) is 4.66. The van der Waals surface area contributed by atoms with Crippen LogP contribution in [0.15, 0.2) is 36.4 Å². The summed E-state index contributed by atoms with van der Waals surface area (Å²) in [6.07, 6.45) is 1.65. The van der Waals surface area contributed by atoms with Gasteiger partial charge in [-0.25, -0.2) is 0 Å². The summed E-state index contributed by atoms with van der Waals surface area (Å²) in [5, 5.41) is 2.86. The Morgan fingerprint density at radius 3 is 2.48 bits per heavy atom. The normalized spacial score (nSPS) is 11.7. The lowest BCUT2D eigenvalue weighted by atomic mass is 10.1. The molecule has 1 N–H and O–H groups in total. The van der Waals surface area contributed by atoms with Crippen LogP contribution in [0.25, 0.3) is 0 Å². The van der Waals surface area contributed by atoms with Crippen LogP contribution < -0.4 is 14.8 Å². The van der Waals surface area contributed by atoms with Gasteiger partial charge in [-0.2, -0.15) is 0 Å². The maximum Gasteiger partial charge on any atom is 0.260 e. The maximum atomic E-state index is 12.3. The molecule has 0 aliphatic heterocycles. The predicted molar refractivity (Wildman–Crippen MR) is 110 cm³/mol. The highest BCUT2D eigenvalue weighted by atomic mass is 16.5. The average molecular weight is 370 g/mol. The zero-order valence-electron chi connectivity index (χ0n) is 17.1. The zero-order valence-corrected chi connectivity index (χ0v) is 17.1. The van der Waals surface area contributed by atoms with Gasteiger partial charge in [-0.05, 0) is 74.6 Å². The molecule has 0 bridgehead atoms. The standard InChI is InChI=1S/C23H31NO3/c1-6-7-20-8-10-21(11-9-20)26-13-12-24-23(25)19(5)27-22-15-16(2)14-17(3)18(22)4/h8-11,14-15,19H,6-7,12-13H2,1-5H3,(H,24,25)/t19-/m0/s1. The van der Waals surface area contributed by atoms with E-state index < -0.39 is 6.10 Å². The fraction of sp³-hybridized carbons (Fsp3) is 0.435. The summed E-state index contributed by atoms with van der Waals surface area (Å²) in [7, 11) is 0. The quantitative estimate of drug-likeness (QED) is 0.661. The molecule has 1 atom stereocenters. The van der Waals surface area contributed by atoms with E-state index in [0.717, 1.165) is 41.0 Å². The number of rotatable bonds is 9. The highest BCUT2D eigenvalue weighted by Crippen LogP contribution is 2.24. The van der Waals surface area contributed by atoms with E-state index in [2.05, 4.69) is 30.4 Å². The van der Waals surface area contributed by atoms with Gasteiger partial charge in [0.15, 0.2) is 6.10 Å². The van der Waals surface area contributed by atoms with Gasteiger partial charge in [0.25, 0.3) is 5.91 Å². The van der Waals surface area contributed by atoms with E-state index in [1.165, 1.54) is 5.56 Å². The van der Waals surface area contributed by atoms with E-state index in [1.807, 2.05) is 39.0 Å². The van der Waals surface area contributed by atoms with Crippen LogP contribution in [0, 0.1) is 20.8 Å². The number of hydrogen-bond donors (Lipinski definition) is 1. The van der Waals surface area contributed by atoms with Crippen molar-refractivity contribution in [2.75, 3.05) is 13.2 Å². The molecule has 4 heteroatoms. The Kier molecular flexibility index (Phi) is 7.71. The van der Waals surface area contributed by atoms with Gasteiger partial charge in [-0.3, -0.25) is 4.79 Å². The molecule has 0 fully saturated rings. The van der Waals surface area contributed by atoms with Crippen molar-refractivity contribution in [3.63, 3.8) is 0 Å². The average Bonchev–Trinajstić information content (AvgIpc) is 2.64. The van der Waals surface area contributed by atoms with Gasteiger partial charge < -0.3 is 14.8 Å². The molecular formula is C23H31NO3. The number of ether oxygens (including phenoxy) is 2. The molecule has 0 heterocycles. The zero-order chi connectivity index (χ0) is 19.8. The van der Waals surface area contributed by atoms with Gasteiger partial charge in [-0.1, -0.05) is 31.5 Å². The molecule has 2 aromatic rings. The number of benzene rings is 2. The van der Waals surface area contributed by atoms with Crippen molar-refractivity contribution in [1.82, 2.24) is 5.32 Å². The van der Waals surface area contributed by atoms with Gasteiger partial charge in [0.2, 0.25) is 0 Å². The van der Waals surface area contributed by atoms with Crippen molar-refractivity contribution in [1.29, 1.82) is 0 Å². The lowest BCUT2D eigenvalue weighted by Crippen LogP contribution is -2.38. The second kappa shape index (κ2) is 10.0. The van der Waals surface area contributed by atoms with Crippen molar-refractivity contribution in [3.8, 4) is 11.5 Å². The summed E-state index contributed by atoms with van der Waals surface area (Å²) in [6, 6.07) is 12.2. The predicted octanol–water partition coefficient (Wildman–Crippen LogP) is 4.53. The number of carbonyl (C=O) groups is 1. The molecule has 0 spiro atoms. The van der Waals surface area contributed by atoms with E-state index in [9.17, 15) is 4.79 Å². The van der Waals surface area contributed by atoms with Gasteiger partial charge in [0.05, 0.1) is 6.54 Å². The molecule has 0 aliphatic rings. The van der Waals surface area contributed by atoms with Crippen LogP contribution in [-0.2, 0) is 11.2 Å². The molecule has 1 amide bonds. The van der Waals surface area contributed by atoms with Crippen molar-refractivity contribution in [2.45, 2.75) is 53.6 Å². The second-order valence-electron chi connectivity index (χ2n) is 7.00. The Morgan fingerprint density at radius 1 is 1.11 bits per heavy atom. The Hall–Kier alpha value is -2.49. The van der Waals surface area contributed by atoms with E-state index in [-0.39, 0.29) is 5.91 Å². The Labute approximate surface area is 162 Å². The molecule has 4 nitrogen and oxygen atoms in total. The fourth-order valence-corrected chi connectivity index (χ4v) is 2.90. The van der Waals surface area contributed by atoms with Crippen LogP contribution in [0.1, 0.15) is 42.5 Å². The third kappa shape index (κ3) is 6.31. The SMILES string of the molecule is CCCc1ccc(OCCNC(=O)[C@H](C)Oc2cc(C)cc(C)c2C)cc1. The van der Waals surface area contributed by atoms with Crippen molar-refractivity contribution in [3.05, 3.63) is 58.7 Å². The number of aryl methyl sites for hydroxylation is 3. The molecule has 0 radical (unpaired) electrons. The van der Waals surface area contributed by atoms with E-state index in [1.54, 1.807) is 6.92 Å². The first kappa shape index (κ1) is 20.8. The van der Waals surface area contributed by atoms with Crippen LogP contribution in [0.2, 0.25) is 0 Å². The molecule has 0 saturated heterocycles. The minimum absolute atomic E-state index is 0.143. The Bertz CT molecular complexity index is 753. The second-order valence-corrected chi connectivity index (χ2v) is 7.00. The lowest BCUT2D eigenvalue weighted by molar-refractivity contribution is -0.127. The topological polar surface area (TPSA) is 47.6 Å². The summed E-state index contributed by atoms with van der Waals surface area (Å²) in [6.45, 7) is 10.9. The largest absolute Gasteiger partial charge is 0.492 e. The third-order valence-corrected chi connectivity index (χ3v) is 4.57. The first-order valence-electron chi connectivity index (χ1n) is 9.64. The molecule has 0 aliphatic carbocycles. The first-order valence-corrected chi connectivity index (χ1v) is 9.64. The number of carbonyl (C=O) groups excluding carboxylic acids is 1. The number of hydrogen-bond acceptors (Lipinski definition) is 3. The van der Waals surface area contributed by atoms with Crippen LogP contribution in [0.3, 0.4) is 0 Å². The molecule has 146 valence electrons. The molecule has 0 unspecified atom stereocenters. The molecule has 2 rings (SSSR count). The summed E-state index contributed by atoms with van der Waals surface area (Å²) >= 11 is 0. The third-order valence-electron chi connectivity index (χ3n) is 4.57. The first-order chi connectivity index (χ1) is 12.9. The van der Waals surface area contributed by atoms with Gasteiger partial charge in [0.1, 0.15) is 18.1 Å². The highest BCUT2D eigenvalue weighted by molar-refractivity contribution is 5.80. The van der Waals surface area contributed by atoms with Crippen LogP contribution in [-0.4, -0.2) is 25.2 Å². The molecule has 2 aromatic carbocycles. The minimum Gasteiger partial charge on any atom is -0.492 e. The van der Waals surface area contributed by atoms with Gasteiger partial charge in [-0.15, -0.1) is 0 Å². The van der Waals surface area contributed by atoms with Crippen molar-refractivity contribution < 1.29 is 14.3 Å². The number of amides is 1. The van der Waals surface area contributed by atoms with Crippen LogP contribution >= 0.6 is 0 Å². The van der Waals surface area contributed by atoms with Crippen LogP contribution in [0.5, 0.6) is 11.5 Å². The fourth-order valence-electron chi connectivity index (χ4n) is 2.90. The monoisotopic (exact) mass is 369 g/mol. The van der Waals surface area contributed by atoms with Crippen molar-refractivity contribution in [2.24, 2.45) is 0 Å². The van der Waals surface area contributed by atoms with E-state index in [0.29, 0.717) is 13.2 Å². The summed E-state index contributed by atoms with van der Waals surface area (Å²) in [5.74, 6) is 1.44. The molecule has 0 aromatic heterocycles. The molecule has 27 heavy (non-hydrogen) atoms. The van der Waals surface area contributed by atoms with Gasteiger partial charge >= 0.3 is 0 Å². The number of nitrogens with one attached hydrogen (secondary N) is 1.